The molecule has 3 rings (SSSR count). The first-order chi connectivity index (χ1) is 11.6. The summed E-state index contributed by atoms with van der Waals surface area (Å²) in [6.07, 6.45) is -0.662. The van der Waals surface area contributed by atoms with Crippen molar-refractivity contribution in [2.75, 3.05) is 5.32 Å². The van der Waals surface area contributed by atoms with Gasteiger partial charge in [-0.25, -0.2) is 0 Å². The lowest BCUT2D eigenvalue weighted by molar-refractivity contribution is -0.122. The number of anilines is 1. The Morgan fingerprint density at radius 1 is 1.17 bits per heavy atom. The first-order valence-corrected chi connectivity index (χ1v) is 7.64. The van der Waals surface area contributed by atoms with Gasteiger partial charge in [0.25, 0.3) is 5.91 Å². The fourth-order valence-electron chi connectivity index (χ4n) is 2.20. The molecule has 0 saturated carbocycles. The van der Waals surface area contributed by atoms with Crippen LogP contribution in [0.1, 0.15) is 12.5 Å². The summed E-state index contributed by atoms with van der Waals surface area (Å²) in [6, 6.07) is 17.1. The Hall–Kier alpha value is -3.15. The van der Waals surface area contributed by atoms with Gasteiger partial charge >= 0.3 is 0 Å². The zero-order chi connectivity index (χ0) is 16.9. The van der Waals surface area contributed by atoms with Gasteiger partial charge in [0, 0.05) is 5.56 Å². The number of aromatic amines is 1. The number of aromatic nitrogens is 3. The van der Waals surface area contributed by atoms with Crippen LogP contribution < -0.4 is 10.1 Å². The zero-order valence-corrected chi connectivity index (χ0v) is 13.5. The van der Waals surface area contributed by atoms with Gasteiger partial charge in [-0.15, -0.1) is 5.10 Å². The Balaban J connectivity index is 1.63. The van der Waals surface area contributed by atoms with Gasteiger partial charge in [-0.05, 0) is 31.5 Å². The molecule has 0 radical (unpaired) electrons. The molecule has 1 amide bonds. The van der Waals surface area contributed by atoms with Crippen LogP contribution in [0, 0.1) is 6.92 Å². The van der Waals surface area contributed by atoms with Crippen molar-refractivity contribution >= 4 is 11.9 Å². The molecule has 1 aromatic heterocycles. The van der Waals surface area contributed by atoms with Crippen molar-refractivity contribution in [2.45, 2.75) is 20.0 Å². The number of nitrogens with zero attached hydrogens (tertiary/aromatic N) is 2. The molecule has 0 fully saturated rings. The maximum atomic E-state index is 12.2. The molecule has 6 heteroatoms. The van der Waals surface area contributed by atoms with Crippen molar-refractivity contribution in [1.29, 1.82) is 0 Å². The molecule has 0 aliphatic carbocycles. The number of hydrogen-bond acceptors (Lipinski definition) is 4. The molecule has 122 valence electrons. The highest BCUT2D eigenvalue weighted by molar-refractivity contribution is 5.92. The van der Waals surface area contributed by atoms with Crippen LogP contribution in [0.15, 0.2) is 54.6 Å². The number of H-pyrrole nitrogens is 1. The molecule has 3 aromatic rings. The summed E-state index contributed by atoms with van der Waals surface area (Å²) in [4.78, 5) is 16.5. The average Bonchev–Trinajstić information content (AvgIpc) is 3.04. The Morgan fingerprint density at radius 2 is 1.96 bits per heavy atom. The molecule has 0 spiro atoms. The second-order valence-electron chi connectivity index (χ2n) is 5.44. The van der Waals surface area contributed by atoms with Crippen LogP contribution in [-0.4, -0.2) is 27.2 Å². The average molecular weight is 322 g/mol. The summed E-state index contributed by atoms with van der Waals surface area (Å²) in [5, 5.41) is 9.47. The lowest BCUT2D eigenvalue weighted by Gasteiger charge is -2.13. The van der Waals surface area contributed by atoms with Crippen LogP contribution >= 0.6 is 0 Å². The highest BCUT2D eigenvalue weighted by atomic mass is 16.5. The SMILES string of the molecule is Cc1cccc(O[C@@H](C)C(=O)Nc2n[nH]c(-c3ccccc3)n2)c1. The molecular weight excluding hydrogens is 304 g/mol. The molecule has 2 N–H and O–H groups in total. The number of rotatable bonds is 5. The minimum absolute atomic E-state index is 0.221. The maximum Gasteiger partial charge on any atom is 0.267 e. The predicted molar refractivity (Wildman–Crippen MR) is 91.7 cm³/mol. The fourth-order valence-corrected chi connectivity index (χ4v) is 2.20. The standard InChI is InChI=1S/C18H18N4O2/c1-12-7-6-10-15(11-12)24-13(2)17(23)20-18-19-16(21-22-18)14-8-4-3-5-9-14/h3-11,13H,1-2H3,(H2,19,20,21,22,23)/t13-/m0/s1. The third-order valence-corrected chi connectivity index (χ3v) is 3.44. The van der Waals surface area contributed by atoms with Crippen molar-refractivity contribution in [2.24, 2.45) is 0 Å². The molecule has 0 bridgehead atoms. The first kappa shape index (κ1) is 15.7. The predicted octanol–water partition coefficient (Wildman–Crippen LogP) is 3.19. The molecule has 0 unspecified atom stereocenters. The molecule has 0 saturated heterocycles. The topological polar surface area (TPSA) is 79.9 Å². The van der Waals surface area contributed by atoms with E-state index in [2.05, 4.69) is 20.5 Å². The molecule has 0 aliphatic rings. The van der Waals surface area contributed by atoms with Crippen LogP contribution in [0.2, 0.25) is 0 Å². The molecular formula is C18H18N4O2. The van der Waals surface area contributed by atoms with Gasteiger partial charge in [0.1, 0.15) is 5.75 Å². The Labute approximate surface area is 139 Å². The van der Waals surface area contributed by atoms with Gasteiger partial charge in [-0.2, -0.15) is 4.98 Å². The minimum Gasteiger partial charge on any atom is -0.481 e. The molecule has 2 aromatic carbocycles. The van der Waals surface area contributed by atoms with Crippen molar-refractivity contribution in [1.82, 2.24) is 15.2 Å². The van der Waals surface area contributed by atoms with E-state index in [0.717, 1.165) is 11.1 Å². The molecule has 1 heterocycles. The van der Waals surface area contributed by atoms with E-state index in [1.807, 2.05) is 61.5 Å². The highest BCUT2D eigenvalue weighted by Crippen LogP contribution is 2.16. The largest absolute Gasteiger partial charge is 0.481 e. The third-order valence-electron chi connectivity index (χ3n) is 3.44. The van der Waals surface area contributed by atoms with E-state index in [0.29, 0.717) is 11.6 Å². The van der Waals surface area contributed by atoms with Crippen molar-refractivity contribution in [3.05, 3.63) is 60.2 Å². The number of benzene rings is 2. The van der Waals surface area contributed by atoms with Gasteiger partial charge in [-0.1, -0.05) is 42.5 Å². The minimum atomic E-state index is -0.662. The summed E-state index contributed by atoms with van der Waals surface area (Å²) in [5.41, 5.74) is 1.97. The number of aryl methyl sites for hydroxylation is 1. The second-order valence-corrected chi connectivity index (χ2v) is 5.44. The lowest BCUT2D eigenvalue weighted by atomic mass is 10.2. The maximum absolute atomic E-state index is 12.2. The number of nitrogens with one attached hydrogen (secondary N) is 2. The van der Waals surface area contributed by atoms with Crippen LogP contribution in [0.5, 0.6) is 5.75 Å². The van der Waals surface area contributed by atoms with E-state index in [-0.39, 0.29) is 11.9 Å². The Kier molecular flexibility index (Phi) is 4.56. The van der Waals surface area contributed by atoms with Crippen LogP contribution in [0.25, 0.3) is 11.4 Å². The third kappa shape index (κ3) is 3.78. The Bertz CT molecular complexity index is 830. The summed E-state index contributed by atoms with van der Waals surface area (Å²) >= 11 is 0. The van der Waals surface area contributed by atoms with Gasteiger partial charge in [0.2, 0.25) is 5.95 Å². The molecule has 6 nitrogen and oxygen atoms in total. The first-order valence-electron chi connectivity index (χ1n) is 7.64. The molecule has 24 heavy (non-hydrogen) atoms. The molecule has 0 aliphatic heterocycles. The van der Waals surface area contributed by atoms with Crippen molar-refractivity contribution < 1.29 is 9.53 Å². The quantitative estimate of drug-likeness (QED) is 0.756. The fraction of sp³-hybridized carbons (Fsp3) is 0.167. The monoisotopic (exact) mass is 322 g/mol. The smallest absolute Gasteiger partial charge is 0.267 e. The normalized spacial score (nSPS) is 11.8. The Morgan fingerprint density at radius 3 is 2.71 bits per heavy atom. The summed E-state index contributed by atoms with van der Waals surface area (Å²) in [7, 11) is 0. The van der Waals surface area contributed by atoms with Crippen molar-refractivity contribution in [3.63, 3.8) is 0 Å². The second kappa shape index (κ2) is 6.95. The van der Waals surface area contributed by atoms with Gasteiger partial charge in [0.15, 0.2) is 11.9 Å². The van der Waals surface area contributed by atoms with Crippen LogP contribution in [-0.2, 0) is 4.79 Å². The number of carbonyl (C=O) groups is 1. The van der Waals surface area contributed by atoms with E-state index >= 15 is 0 Å². The van der Waals surface area contributed by atoms with E-state index in [9.17, 15) is 4.79 Å². The zero-order valence-electron chi connectivity index (χ0n) is 13.5. The van der Waals surface area contributed by atoms with Gasteiger partial charge < -0.3 is 4.74 Å². The van der Waals surface area contributed by atoms with E-state index in [4.69, 9.17) is 4.74 Å². The van der Waals surface area contributed by atoms with E-state index < -0.39 is 6.10 Å². The van der Waals surface area contributed by atoms with Gasteiger partial charge in [-0.3, -0.25) is 15.2 Å². The number of ether oxygens (including phenoxy) is 1. The van der Waals surface area contributed by atoms with Crippen LogP contribution in [0.3, 0.4) is 0 Å². The number of hydrogen-bond donors (Lipinski definition) is 2. The number of carbonyl (C=O) groups excluding carboxylic acids is 1. The summed E-state index contributed by atoms with van der Waals surface area (Å²) < 4.78 is 5.64. The lowest BCUT2D eigenvalue weighted by Crippen LogP contribution is -2.30. The molecule has 1 atom stereocenters. The van der Waals surface area contributed by atoms with E-state index in [1.54, 1.807) is 6.92 Å². The number of amides is 1. The van der Waals surface area contributed by atoms with Crippen LogP contribution in [0.4, 0.5) is 5.95 Å². The summed E-state index contributed by atoms with van der Waals surface area (Å²) in [6.45, 7) is 3.65. The van der Waals surface area contributed by atoms with E-state index in [1.165, 1.54) is 0 Å². The van der Waals surface area contributed by atoms with Gasteiger partial charge in [0.05, 0.1) is 0 Å². The van der Waals surface area contributed by atoms with Crippen molar-refractivity contribution in [3.8, 4) is 17.1 Å². The highest BCUT2D eigenvalue weighted by Gasteiger charge is 2.17. The summed E-state index contributed by atoms with van der Waals surface area (Å²) in [5.74, 6) is 1.16.